The molecule has 212 valence electrons. The lowest BCUT2D eigenvalue weighted by atomic mass is 10.3. The van der Waals surface area contributed by atoms with Gasteiger partial charge in [-0.1, -0.05) is 25.4 Å². The highest BCUT2D eigenvalue weighted by molar-refractivity contribution is 7.89. The van der Waals surface area contributed by atoms with Gasteiger partial charge in [0, 0.05) is 57.3 Å². The molecule has 1 aromatic rings. The number of methoxy groups -OCH3 is 1. The fourth-order valence-electron chi connectivity index (χ4n) is 3.43. The number of amides is 1. The van der Waals surface area contributed by atoms with Crippen LogP contribution >= 0.6 is 11.6 Å². The number of hydrogen-bond donors (Lipinski definition) is 2. The largest absolute Gasteiger partial charge is 0.495 e. The molecule has 37 heavy (non-hydrogen) atoms. The van der Waals surface area contributed by atoms with Crippen LogP contribution in [0.3, 0.4) is 0 Å². The molecule has 1 aromatic carbocycles. The van der Waals surface area contributed by atoms with Crippen LogP contribution in [-0.4, -0.2) is 112 Å². The first-order chi connectivity index (χ1) is 17.3. The van der Waals surface area contributed by atoms with Gasteiger partial charge in [0.2, 0.25) is 15.9 Å². The number of sulfonamides is 1. The molecule has 0 radical (unpaired) electrons. The Hall–Kier alpha value is -2.13. The van der Waals surface area contributed by atoms with Crippen LogP contribution < -0.4 is 10.1 Å². The van der Waals surface area contributed by atoms with Crippen molar-refractivity contribution >= 4 is 33.5 Å². The molecule has 1 aliphatic heterocycles. The number of nitrogens with zero attached hydrogens (tertiary/aromatic N) is 3. The lowest BCUT2D eigenvalue weighted by Crippen LogP contribution is -2.47. The van der Waals surface area contributed by atoms with Crippen molar-refractivity contribution in [3.05, 3.63) is 23.2 Å². The second-order valence-corrected chi connectivity index (χ2v) is 10.3. The highest BCUT2D eigenvalue weighted by Crippen LogP contribution is 2.29. The number of carbonyl (C=O) groups is 2. The molecule has 0 aromatic heterocycles. The summed E-state index contributed by atoms with van der Waals surface area (Å²) in [6.45, 7) is 9.51. The Balaban J connectivity index is 0.000000856. The first-order valence-electron chi connectivity index (χ1n) is 11.6. The Morgan fingerprint density at radius 2 is 1.70 bits per heavy atom. The molecule has 15 heteroatoms. The van der Waals surface area contributed by atoms with Crippen molar-refractivity contribution in [1.29, 1.82) is 0 Å². The minimum Gasteiger partial charge on any atom is -0.495 e. The smallest absolute Gasteiger partial charge is 0.490 e. The van der Waals surface area contributed by atoms with E-state index in [1.54, 1.807) is 17.0 Å². The van der Waals surface area contributed by atoms with Gasteiger partial charge in [-0.15, -0.1) is 0 Å². The van der Waals surface area contributed by atoms with Crippen LogP contribution in [0.5, 0.6) is 5.75 Å². The molecule has 1 saturated heterocycles. The number of hydrogen-bond acceptors (Lipinski definition) is 7. The number of benzene rings is 1. The van der Waals surface area contributed by atoms with E-state index in [9.17, 15) is 26.4 Å². The van der Waals surface area contributed by atoms with Crippen molar-refractivity contribution in [2.24, 2.45) is 0 Å². The number of carboxylic acid groups (broad SMARTS) is 1. The SMILES string of the molecule is CCN(CC)CCN(CCC(=O)N1CCNCC1)S(=O)(=O)c1cc(Cl)ccc1OC.O=C(O)C(F)(F)F. The van der Waals surface area contributed by atoms with Crippen molar-refractivity contribution in [3.63, 3.8) is 0 Å². The number of aliphatic carboxylic acids is 1. The molecule has 0 unspecified atom stereocenters. The van der Waals surface area contributed by atoms with Crippen molar-refractivity contribution in [2.75, 3.05) is 66.0 Å². The molecule has 0 atom stereocenters. The third-order valence-corrected chi connectivity index (χ3v) is 7.75. The number of carbonyl (C=O) groups excluding carboxylic acids is 1. The van der Waals surface area contributed by atoms with Gasteiger partial charge in [0.05, 0.1) is 7.11 Å². The van der Waals surface area contributed by atoms with E-state index in [1.165, 1.54) is 17.5 Å². The molecule has 0 saturated carbocycles. The maximum absolute atomic E-state index is 13.5. The zero-order chi connectivity index (χ0) is 28.2. The lowest BCUT2D eigenvalue weighted by Gasteiger charge is -2.29. The average Bonchev–Trinajstić information content (AvgIpc) is 2.86. The van der Waals surface area contributed by atoms with E-state index in [2.05, 4.69) is 10.2 Å². The van der Waals surface area contributed by atoms with Gasteiger partial charge < -0.3 is 25.0 Å². The molecule has 10 nitrogen and oxygen atoms in total. The second kappa shape index (κ2) is 15.3. The zero-order valence-corrected chi connectivity index (χ0v) is 22.6. The fourth-order valence-corrected chi connectivity index (χ4v) is 5.28. The minimum atomic E-state index is -5.08. The quantitative estimate of drug-likeness (QED) is 0.413. The monoisotopic (exact) mass is 574 g/mol. The average molecular weight is 575 g/mol. The summed E-state index contributed by atoms with van der Waals surface area (Å²) in [4.78, 5) is 25.5. The zero-order valence-electron chi connectivity index (χ0n) is 21.1. The molecule has 0 aliphatic carbocycles. The third kappa shape index (κ3) is 10.6. The maximum Gasteiger partial charge on any atom is 0.490 e. The molecule has 1 amide bonds. The first-order valence-corrected chi connectivity index (χ1v) is 13.4. The van der Waals surface area contributed by atoms with E-state index < -0.39 is 22.2 Å². The Morgan fingerprint density at radius 1 is 1.14 bits per heavy atom. The summed E-state index contributed by atoms with van der Waals surface area (Å²) < 4.78 is 65.3. The van der Waals surface area contributed by atoms with Gasteiger partial charge in [0.1, 0.15) is 10.6 Å². The van der Waals surface area contributed by atoms with E-state index in [0.717, 1.165) is 26.2 Å². The highest BCUT2D eigenvalue weighted by atomic mass is 35.5. The van der Waals surface area contributed by atoms with E-state index in [-0.39, 0.29) is 36.1 Å². The van der Waals surface area contributed by atoms with Gasteiger partial charge in [0.15, 0.2) is 0 Å². The van der Waals surface area contributed by atoms with Crippen LogP contribution in [0.15, 0.2) is 23.1 Å². The Morgan fingerprint density at radius 3 is 2.19 bits per heavy atom. The summed E-state index contributed by atoms with van der Waals surface area (Å²) in [5, 5.41) is 10.7. The van der Waals surface area contributed by atoms with E-state index >= 15 is 0 Å². The van der Waals surface area contributed by atoms with Crippen LogP contribution in [0.2, 0.25) is 5.02 Å². The van der Waals surface area contributed by atoms with E-state index in [0.29, 0.717) is 24.7 Å². The van der Waals surface area contributed by atoms with Crippen molar-refractivity contribution in [3.8, 4) is 5.75 Å². The van der Waals surface area contributed by atoms with Crippen LogP contribution in [0, 0.1) is 0 Å². The molecule has 2 N–H and O–H groups in total. The van der Waals surface area contributed by atoms with Crippen LogP contribution in [0.1, 0.15) is 20.3 Å². The summed E-state index contributed by atoms with van der Waals surface area (Å²) in [6, 6.07) is 4.54. The molecule has 2 rings (SSSR count). The Labute approximate surface area is 220 Å². The maximum atomic E-state index is 13.5. The topological polar surface area (TPSA) is 119 Å². The highest BCUT2D eigenvalue weighted by Gasteiger charge is 2.38. The second-order valence-electron chi connectivity index (χ2n) is 7.91. The molecule has 1 heterocycles. The van der Waals surface area contributed by atoms with Gasteiger partial charge in [-0.05, 0) is 31.3 Å². The minimum absolute atomic E-state index is 0.0201. The van der Waals surface area contributed by atoms with Crippen molar-refractivity contribution in [1.82, 2.24) is 19.4 Å². The molecular weight excluding hydrogens is 541 g/mol. The van der Waals surface area contributed by atoms with Gasteiger partial charge in [-0.3, -0.25) is 4.79 Å². The number of rotatable bonds is 11. The molecule has 0 bridgehead atoms. The predicted octanol–water partition coefficient (Wildman–Crippen LogP) is 2.14. The van der Waals surface area contributed by atoms with Crippen LogP contribution in [0.25, 0.3) is 0 Å². The summed E-state index contributed by atoms with van der Waals surface area (Å²) >= 11 is 6.07. The molecule has 0 spiro atoms. The van der Waals surface area contributed by atoms with Gasteiger partial charge in [-0.2, -0.15) is 17.5 Å². The number of ether oxygens (including phenoxy) is 1. The summed E-state index contributed by atoms with van der Waals surface area (Å²) in [5.74, 6) is -2.55. The normalized spacial score (nSPS) is 14.4. The van der Waals surface area contributed by atoms with Crippen molar-refractivity contribution < 1.29 is 41.0 Å². The van der Waals surface area contributed by atoms with Gasteiger partial charge in [-0.25, -0.2) is 13.2 Å². The number of carboxylic acids is 1. The van der Waals surface area contributed by atoms with E-state index in [1.807, 2.05) is 13.8 Å². The van der Waals surface area contributed by atoms with E-state index in [4.69, 9.17) is 26.2 Å². The summed E-state index contributed by atoms with van der Waals surface area (Å²) in [6.07, 6.45) is -4.94. The molecule has 1 fully saturated rings. The number of nitrogens with one attached hydrogen (secondary N) is 1. The fraction of sp³-hybridized carbons (Fsp3) is 0.636. The molecular formula is C22H34ClF3N4O6S. The van der Waals surface area contributed by atoms with Gasteiger partial charge in [0.25, 0.3) is 0 Å². The van der Waals surface area contributed by atoms with Crippen LogP contribution in [0.4, 0.5) is 13.2 Å². The third-order valence-electron chi connectivity index (χ3n) is 5.59. The Bertz CT molecular complexity index is 987. The van der Waals surface area contributed by atoms with Crippen molar-refractivity contribution in [2.45, 2.75) is 31.3 Å². The lowest BCUT2D eigenvalue weighted by molar-refractivity contribution is -0.192. The Kier molecular flexibility index (Phi) is 13.6. The first kappa shape index (κ1) is 32.9. The number of piperazine rings is 1. The predicted molar refractivity (Wildman–Crippen MR) is 132 cm³/mol. The summed E-state index contributed by atoms with van der Waals surface area (Å²) in [7, 11) is -2.46. The standard InChI is InChI=1S/C20H33ClN4O4S.C2HF3O2/c1-4-23(5-2)14-15-25(11-8-20(26)24-12-9-22-10-13-24)30(27,28)19-16-17(21)6-7-18(19)29-3;3-2(4,5)1(6)7/h6-7,16,22H,4-5,8-15H2,1-3H3;(H,6,7). The van der Waals surface area contributed by atoms with Crippen LogP contribution in [-0.2, 0) is 19.6 Å². The number of likely N-dealkylation sites (N-methyl/N-ethyl adjacent to an activating group) is 1. The van der Waals surface area contributed by atoms with Gasteiger partial charge >= 0.3 is 12.1 Å². The number of alkyl halides is 3. The molecule has 1 aliphatic rings. The summed E-state index contributed by atoms with van der Waals surface area (Å²) in [5.41, 5.74) is 0. The number of halogens is 4.